The topological polar surface area (TPSA) is 30.5 Å². The molecule has 0 saturated heterocycles. The van der Waals surface area contributed by atoms with Crippen LogP contribution in [0.25, 0.3) is 0 Å². The first-order chi connectivity index (χ1) is 10.2. The van der Waals surface area contributed by atoms with E-state index < -0.39 is 0 Å². The highest BCUT2D eigenvalue weighted by atomic mass is 79.9. The van der Waals surface area contributed by atoms with E-state index in [0.717, 1.165) is 41.1 Å². The van der Waals surface area contributed by atoms with Crippen molar-refractivity contribution in [2.75, 3.05) is 20.8 Å². The van der Waals surface area contributed by atoms with E-state index in [1.165, 1.54) is 5.56 Å². The van der Waals surface area contributed by atoms with Gasteiger partial charge in [-0.2, -0.15) is 0 Å². The van der Waals surface area contributed by atoms with Gasteiger partial charge >= 0.3 is 0 Å². The maximum Gasteiger partial charge on any atom is 0.131 e. The molecule has 0 fully saturated rings. The fraction of sp³-hybridized carbons (Fsp3) is 0.294. The lowest BCUT2D eigenvalue weighted by atomic mass is 10.1. The van der Waals surface area contributed by atoms with Gasteiger partial charge in [-0.15, -0.1) is 0 Å². The molecule has 0 amide bonds. The first-order valence-corrected chi connectivity index (χ1v) is 7.71. The van der Waals surface area contributed by atoms with Gasteiger partial charge < -0.3 is 14.8 Å². The van der Waals surface area contributed by atoms with Crippen LogP contribution in [-0.2, 0) is 17.7 Å². The number of methoxy groups -OCH3 is 1. The number of halogens is 1. The van der Waals surface area contributed by atoms with Gasteiger partial charge in [-0.05, 0) is 49.4 Å². The molecule has 0 aliphatic heterocycles. The molecule has 0 aromatic heterocycles. The van der Waals surface area contributed by atoms with Crippen LogP contribution in [0.3, 0.4) is 0 Å². The molecule has 1 N–H and O–H groups in total. The lowest BCUT2D eigenvalue weighted by molar-refractivity contribution is 0.202. The van der Waals surface area contributed by atoms with Gasteiger partial charge in [-0.1, -0.05) is 28.1 Å². The molecule has 0 aliphatic carbocycles. The average molecular weight is 350 g/mol. The van der Waals surface area contributed by atoms with Crippen LogP contribution < -0.4 is 10.1 Å². The highest BCUT2D eigenvalue weighted by Crippen LogP contribution is 2.28. The van der Waals surface area contributed by atoms with E-state index in [0.29, 0.717) is 0 Å². The Morgan fingerprint density at radius 3 is 2.52 bits per heavy atom. The number of nitrogens with one attached hydrogen (secondary N) is 1. The Labute approximate surface area is 134 Å². The molecule has 0 aliphatic rings. The smallest absolute Gasteiger partial charge is 0.131 e. The summed E-state index contributed by atoms with van der Waals surface area (Å²) in [7, 11) is 3.64. The molecule has 2 aromatic carbocycles. The third kappa shape index (κ3) is 4.84. The molecule has 0 spiro atoms. The molecule has 0 atom stereocenters. The standard InChI is InChI=1S/C17H20BrNO2/c1-19-12-14-11-15(18)5-8-17(14)21-16-6-3-13(4-7-16)9-10-20-2/h3-8,11,19H,9-10,12H2,1-2H3. The molecule has 0 saturated carbocycles. The Bertz CT molecular complexity index is 570. The van der Waals surface area contributed by atoms with Crippen LogP contribution in [-0.4, -0.2) is 20.8 Å². The predicted molar refractivity (Wildman–Crippen MR) is 89.0 cm³/mol. The van der Waals surface area contributed by atoms with Gasteiger partial charge in [-0.25, -0.2) is 0 Å². The van der Waals surface area contributed by atoms with Gasteiger partial charge in [0.05, 0.1) is 6.61 Å². The van der Waals surface area contributed by atoms with Crippen molar-refractivity contribution in [1.29, 1.82) is 0 Å². The fourth-order valence-corrected chi connectivity index (χ4v) is 2.46. The molecule has 4 heteroatoms. The zero-order valence-electron chi connectivity index (χ0n) is 12.4. The Morgan fingerprint density at radius 1 is 1.10 bits per heavy atom. The monoisotopic (exact) mass is 349 g/mol. The zero-order chi connectivity index (χ0) is 15.1. The summed E-state index contributed by atoms with van der Waals surface area (Å²) in [6.45, 7) is 1.50. The number of hydrogen-bond acceptors (Lipinski definition) is 3. The summed E-state index contributed by atoms with van der Waals surface area (Å²) < 4.78 is 12.1. The van der Waals surface area contributed by atoms with Crippen LogP contribution in [0.1, 0.15) is 11.1 Å². The van der Waals surface area contributed by atoms with Crippen LogP contribution in [0.15, 0.2) is 46.9 Å². The van der Waals surface area contributed by atoms with Crippen molar-refractivity contribution in [3.63, 3.8) is 0 Å². The lowest BCUT2D eigenvalue weighted by Gasteiger charge is -2.12. The van der Waals surface area contributed by atoms with E-state index in [1.54, 1.807) is 7.11 Å². The molecule has 3 nitrogen and oxygen atoms in total. The molecule has 112 valence electrons. The molecule has 0 unspecified atom stereocenters. The van der Waals surface area contributed by atoms with Crippen molar-refractivity contribution >= 4 is 15.9 Å². The zero-order valence-corrected chi connectivity index (χ0v) is 13.9. The normalized spacial score (nSPS) is 10.6. The van der Waals surface area contributed by atoms with Gasteiger partial charge in [0.1, 0.15) is 11.5 Å². The van der Waals surface area contributed by atoms with Crippen molar-refractivity contribution < 1.29 is 9.47 Å². The molecular weight excluding hydrogens is 330 g/mol. The third-order valence-corrected chi connectivity index (χ3v) is 3.63. The third-order valence-electron chi connectivity index (χ3n) is 3.14. The molecule has 0 bridgehead atoms. The second kappa shape index (κ2) is 8.17. The fourth-order valence-electron chi connectivity index (χ4n) is 2.05. The highest BCUT2D eigenvalue weighted by Gasteiger charge is 2.05. The van der Waals surface area contributed by atoms with Gasteiger partial charge in [0.25, 0.3) is 0 Å². The van der Waals surface area contributed by atoms with Crippen molar-refractivity contribution in [3.05, 3.63) is 58.1 Å². The van der Waals surface area contributed by atoms with E-state index in [1.807, 2.05) is 31.3 Å². The first kappa shape index (κ1) is 16.0. The minimum atomic E-state index is 0.735. The summed E-state index contributed by atoms with van der Waals surface area (Å²) >= 11 is 3.49. The summed E-state index contributed by atoms with van der Waals surface area (Å²) in [6, 6.07) is 14.2. The van der Waals surface area contributed by atoms with E-state index in [9.17, 15) is 0 Å². The minimum absolute atomic E-state index is 0.735. The molecule has 0 heterocycles. The Balaban J connectivity index is 2.10. The van der Waals surface area contributed by atoms with Crippen LogP contribution >= 0.6 is 15.9 Å². The van der Waals surface area contributed by atoms with Gasteiger partial charge in [0.15, 0.2) is 0 Å². The summed E-state index contributed by atoms with van der Waals surface area (Å²) in [5.41, 5.74) is 2.37. The Hall–Kier alpha value is -1.36. The van der Waals surface area contributed by atoms with Gasteiger partial charge in [0.2, 0.25) is 0 Å². The van der Waals surface area contributed by atoms with Crippen LogP contribution in [0.2, 0.25) is 0 Å². The summed E-state index contributed by atoms with van der Waals surface area (Å²) in [4.78, 5) is 0. The minimum Gasteiger partial charge on any atom is -0.457 e. The van der Waals surface area contributed by atoms with E-state index >= 15 is 0 Å². The molecular formula is C17H20BrNO2. The molecule has 2 rings (SSSR count). The number of benzene rings is 2. The van der Waals surface area contributed by atoms with Crippen LogP contribution in [0, 0.1) is 0 Å². The van der Waals surface area contributed by atoms with Crippen molar-refractivity contribution in [2.45, 2.75) is 13.0 Å². The first-order valence-electron chi connectivity index (χ1n) is 6.91. The average Bonchev–Trinajstić information content (AvgIpc) is 2.49. The van der Waals surface area contributed by atoms with E-state index in [2.05, 4.69) is 39.4 Å². The quantitative estimate of drug-likeness (QED) is 0.814. The Kier molecular flexibility index (Phi) is 6.23. The largest absolute Gasteiger partial charge is 0.457 e. The summed E-state index contributed by atoms with van der Waals surface area (Å²) in [6.07, 6.45) is 0.917. The van der Waals surface area contributed by atoms with Crippen LogP contribution in [0.4, 0.5) is 0 Å². The second-order valence-electron chi connectivity index (χ2n) is 4.77. The molecule has 0 radical (unpaired) electrons. The van der Waals surface area contributed by atoms with E-state index in [4.69, 9.17) is 9.47 Å². The number of rotatable bonds is 7. The van der Waals surface area contributed by atoms with Gasteiger partial charge in [0, 0.05) is 23.7 Å². The van der Waals surface area contributed by atoms with Gasteiger partial charge in [-0.3, -0.25) is 0 Å². The number of ether oxygens (including phenoxy) is 2. The molecule has 21 heavy (non-hydrogen) atoms. The summed E-state index contributed by atoms with van der Waals surface area (Å²) in [5.74, 6) is 1.72. The second-order valence-corrected chi connectivity index (χ2v) is 5.69. The highest BCUT2D eigenvalue weighted by molar-refractivity contribution is 9.10. The van der Waals surface area contributed by atoms with E-state index in [-0.39, 0.29) is 0 Å². The maximum absolute atomic E-state index is 5.98. The maximum atomic E-state index is 5.98. The predicted octanol–water partition coefficient (Wildman–Crippen LogP) is 4.15. The van der Waals surface area contributed by atoms with Crippen molar-refractivity contribution in [2.24, 2.45) is 0 Å². The summed E-state index contributed by atoms with van der Waals surface area (Å²) in [5, 5.41) is 3.15. The lowest BCUT2D eigenvalue weighted by Crippen LogP contribution is -2.06. The van der Waals surface area contributed by atoms with Crippen molar-refractivity contribution in [1.82, 2.24) is 5.32 Å². The van der Waals surface area contributed by atoms with Crippen LogP contribution in [0.5, 0.6) is 11.5 Å². The Morgan fingerprint density at radius 2 is 1.86 bits per heavy atom. The number of hydrogen-bond donors (Lipinski definition) is 1. The molecule has 2 aromatic rings. The SMILES string of the molecule is CNCc1cc(Br)ccc1Oc1ccc(CCOC)cc1. The van der Waals surface area contributed by atoms with Crippen molar-refractivity contribution in [3.8, 4) is 11.5 Å².